The number of nitro benzene ring substituents is 1. The van der Waals surface area contributed by atoms with Gasteiger partial charge in [0.15, 0.2) is 0 Å². The Balaban J connectivity index is 0.00000312. The van der Waals surface area contributed by atoms with Crippen LogP contribution in [0.2, 0.25) is 0 Å². The lowest BCUT2D eigenvalue weighted by molar-refractivity contribution is -0.384. The molecule has 11 nitrogen and oxygen atoms in total. The van der Waals surface area contributed by atoms with Crippen LogP contribution in [0, 0.1) is 10.1 Å². The number of hydrogen-bond donors (Lipinski definition) is 3. The van der Waals surface area contributed by atoms with Crippen LogP contribution in [0.4, 0.5) is 5.69 Å². The maximum atomic E-state index is 11.5. The Labute approximate surface area is 151 Å². The van der Waals surface area contributed by atoms with Crippen LogP contribution in [0.15, 0.2) is 21.7 Å². The number of hydroxylamine groups is 2. The van der Waals surface area contributed by atoms with Crippen LogP contribution < -0.4 is 11.1 Å². The molecule has 1 aromatic heterocycles. The van der Waals surface area contributed by atoms with Crippen molar-refractivity contribution in [2.24, 2.45) is 0 Å². The van der Waals surface area contributed by atoms with Gasteiger partial charge in [-0.3, -0.25) is 24.3 Å². The molecular weight excluding hydrogens is 423 g/mol. The molecule has 1 unspecified atom stereocenters. The monoisotopic (exact) mass is 438 g/mol. The first-order valence-electron chi connectivity index (χ1n) is 6.79. The predicted molar refractivity (Wildman–Crippen MR) is 95.1 cm³/mol. The van der Waals surface area contributed by atoms with E-state index in [0.717, 1.165) is 17.8 Å². The molecule has 1 atom stereocenters. The quantitative estimate of drug-likeness (QED) is 0.263. The van der Waals surface area contributed by atoms with Crippen LogP contribution >= 0.6 is 24.6 Å². The third-order valence-electron chi connectivity index (χ3n) is 3.07. The summed E-state index contributed by atoms with van der Waals surface area (Å²) >= 11 is 0. The number of benzene rings is 1. The lowest BCUT2D eigenvalue weighted by Gasteiger charge is -2.21. The highest BCUT2D eigenvalue weighted by Crippen LogP contribution is 2.38. The average molecular weight is 439 g/mol. The molecule has 0 aliphatic rings. The predicted octanol–water partition coefficient (Wildman–Crippen LogP) is 1.27. The summed E-state index contributed by atoms with van der Waals surface area (Å²) in [6.45, 7) is 2.74. The topological polar surface area (TPSA) is 159 Å². The number of fused-ring (bicyclic) bond motifs is 1. The summed E-state index contributed by atoms with van der Waals surface area (Å²) < 4.78 is 16.3. The van der Waals surface area contributed by atoms with E-state index in [0.29, 0.717) is 0 Å². The van der Waals surface area contributed by atoms with Crippen molar-refractivity contribution >= 4 is 41.3 Å². The highest BCUT2D eigenvalue weighted by molar-refractivity contribution is 8.93. The SMILES string of the molecule is Br.CCN(Cc1cc([N+](=O)[O-])cc2[nH]c(=O)c(=O)[nH]c12)OP(C)(=O)O. The normalized spacial score (nSPS) is 13.4. The summed E-state index contributed by atoms with van der Waals surface area (Å²) in [7, 11) is -3.82. The molecule has 25 heavy (non-hydrogen) atoms. The van der Waals surface area contributed by atoms with Crippen LogP contribution in [0.1, 0.15) is 12.5 Å². The number of aromatic nitrogens is 2. The highest BCUT2D eigenvalue weighted by atomic mass is 79.9. The zero-order valence-electron chi connectivity index (χ0n) is 13.2. The molecule has 0 aliphatic heterocycles. The van der Waals surface area contributed by atoms with Crippen molar-refractivity contribution in [3.63, 3.8) is 0 Å². The molecule has 0 radical (unpaired) electrons. The summed E-state index contributed by atoms with van der Waals surface area (Å²) in [5.41, 5.74) is -1.65. The molecular formula is C12H16BrN4O7P. The molecule has 138 valence electrons. The van der Waals surface area contributed by atoms with E-state index < -0.39 is 23.6 Å². The fourth-order valence-electron chi connectivity index (χ4n) is 2.11. The lowest BCUT2D eigenvalue weighted by Crippen LogP contribution is -2.30. The summed E-state index contributed by atoms with van der Waals surface area (Å²) in [5, 5.41) is 12.2. The minimum Gasteiger partial charge on any atom is -0.324 e. The van der Waals surface area contributed by atoms with Gasteiger partial charge in [-0.1, -0.05) is 6.92 Å². The standard InChI is InChI=1S/C12H15N4O7P.BrH/c1-3-15(23-24(2,21)22)6-7-4-8(16(19)20)5-9-10(7)14-12(18)11(17)13-9;/h4-5H,3,6H2,1-2H3,(H,13,17)(H,14,18)(H,21,22);1H. The Morgan fingerprint density at radius 3 is 2.44 bits per heavy atom. The van der Waals surface area contributed by atoms with Crippen molar-refractivity contribution in [1.29, 1.82) is 0 Å². The first-order chi connectivity index (χ1) is 11.1. The summed E-state index contributed by atoms with van der Waals surface area (Å²) in [5.74, 6) is 0. The van der Waals surface area contributed by atoms with Gasteiger partial charge < -0.3 is 14.9 Å². The third kappa shape index (κ3) is 5.31. The molecule has 0 bridgehead atoms. The van der Waals surface area contributed by atoms with Gasteiger partial charge in [0.1, 0.15) is 0 Å². The first kappa shape index (κ1) is 21.2. The van der Waals surface area contributed by atoms with Gasteiger partial charge in [0.2, 0.25) is 0 Å². The Hall–Kier alpha value is -1.85. The van der Waals surface area contributed by atoms with Crippen LogP contribution in [0.3, 0.4) is 0 Å². The second-order valence-corrected chi connectivity index (χ2v) is 6.80. The van der Waals surface area contributed by atoms with Gasteiger partial charge >= 0.3 is 18.7 Å². The molecule has 0 spiro atoms. The van der Waals surface area contributed by atoms with Crippen LogP contribution in [-0.2, 0) is 15.7 Å². The maximum Gasteiger partial charge on any atom is 0.341 e. The third-order valence-corrected chi connectivity index (χ3v) is 3.61. The van der Waals surface area contributed by atoms with Crippen molar-refractivity contribution in [2.75, 3.05) is 13.2 Å². The molecule has 1 heterocycles. The highest BCUT2D eigenvalue weighted by Gasteiger charge is 2.20. The fraction of sp³-hybridized carbons (Fsp3) is 0.333. The molecule has 13 heteroatoms. The zero-order chi connectivity index (χ0) is 18.1. The van der Waals surface area contributed by atoms with Crippen molar-refractivity contribution in [3.8, 4) is 0 Å². The second kappa shape index (κ2) is 8.02. The summed E-state index contributed by atoms with van der Waals surface area (Å²) in [6, 6.07) is 2.31. The lowest BCUT2D eigenvalue weighted by atomic mass is 10.1. The maximum absolute atomic E-state index is 11.5. The molecule has 3 N–H and O–H groups in total. The number of rotatable bonds is 6. The minimum absolute atomic E-state index is 0. The number of nitrogens with one attached hydrogen (secondary N) is 2. The van der Waals surface area contributed by atoms with Crippen molar-refractivity contribution in [3.05, 3.63) is 48.5 Å². The number of non-ortho nitro benzene ring substituents is 1. The van der Waals surface area contributed by atoms with Gasteiger partial charge in [-0.05, 0) is 0 Å². The van der Waals surface area contributed by atoms with Crippen LogP contribution in [-0.4, -0.2) is 38.1 Å². The molecule has 0 amide bonds. The van der Waals surface area contributed by atoms with E-state index >= 15 is 0 Å². The number of nitro groups is 1. The minimum atomic E-state index is -3.82. The Morgan fingerprint density at radius 2 is 1.92 bits per heavy atom. The molecule has 1 aromatic carbocycles. The number of hydrogen-bond acceptors (Lipinski definition) is 7. The summed E-state index contributed by atoms with van der Waals surface area (Å²) in [4.78, 5) is 47.3. The Kier molecular flexibility index (Phi) is 6.80. The molecule has 0 aliphatic carbocycles. The van der Waals surface area contributed by atoms with E-state index in [1.807, 2.05) is 0 Å². The van der Waals surface area contributed by atoms with Crippen molar-refractivity contribution in [2.45, 2.75) is 13.5 Å². The van der Waals surface area contributed by atoms with Crippen molar-refractivity contribution < 1.29 is 19.0 Å². The Morgan fingerprint density at radius 1 is 1.32 bits per heavy atom. The van der Waals surface area contributed by atoms with E-state index in [1.54, 1.807) is 6.92 Å². The second-order valence-electron chi connectivity index (χ2n) is 5.03. The molecule has 0 saturated heterocycles. The van der Waals surface area contributed by atoms with Crippen LogP contribution in [0.25, 0.3) is 11.0 Å². The fourth-order valence-corrected chi connectivity index (χ4v) is 2.72. The molecule has 2 aromatic rings. The van der Waals surface area contributed by atoms with Gasteiger partial charge in [-0.15, -0.1) is 17.0 Å². The van der Waals surface area contributed by atoms with E-state index in [4.69, 9.17) is 4.62 Å². The van der Waals surface area contributed by atoms with Crippen molar-refractivity contribution in [1.82, 2.24) is 15.0 Å². The van der Waals surface area contributed by atoms with E-state index in [-0.39, 0.29) is 52.4 Å². The van der Waals surface area contributed by atoms with Crippen LogP contribution in [0.5, 0.6) is 0 Å². The summed E-state index contributed by atoms with van der Waals surface area (Å²) in [6.07, 6.45) is 0. The molecule has 0 saturated carbocycles. The number of H-pyrrole nitrogens is 2. The van der Waals surface area contributed by atoms with Gasteiger partial charge in [-0.25, -0.2) is 4.62 Å². The number of halogens is 1. The zero-order valence-corrected chi connectivity index (χ0v) is 15.8. The van der Waals surface area contributed by atoms with E-state index in [9.17, 15) is 29.2 Å². The van der Waals surface area contributed by atoms with E-state index in [1.165, 1.54) is 6.07 Å². The number of nitrogens with zero attached hydrogens (tertiary/aromatic N) is 2. The molecule has 0 fully saturated rings. The molecule has 2 rings (SSSR count). The average Bonchev–Trinajstić information content (AvgIpc) is 2.46. The smallest absolute Gasteiger partial charge is 0.324 e. The van der Waals surface area contributed by atoms with Gasteiger partial charge in [0, 0.05) is 30.9 Å². The van der Waals surface area contributed by atoms with Gasteiger partial charge in [-0.2, -0.15) is 5.06 Å². The van der Waals surface area contributed by atoms with E-state index in [2.05, 4.69) is 9.97 Å². The van der Waals surface area contributed by atoms with Gasteiger partial charge in [0.05, 0.1) is 22.5 Å². The first-order valence-corrected chi connectivity index (χ1v) is 8.81. The largest absolute Gasteiger partial charge is 0.341 e. The Bertz CT molecular complexity index is 951. The van der Waals surface area contributed by atoms with Gasteiger partial charge in [0.25, 0.3) is 5.69 Å². The number of aromatic amines is 2.